The van der Waals surface area contributed by atoms with E-state index in [2.05, 4.69) is 47.9 Å². The predicted molar refractivity (Wildman–Crippen MR) is 126 cm³/mol. The summed E-state index contributed by atoms with van der Waals surface area (Å²) in [5.74, 6) is 0.889. The van der Waals surface area contributed by atoms with Crippen LogP contribution < -0.4 is 10.2 Å². The summed E-state index contributed by atoms with van der Waals surface area (Å²) < 4.78 is 0.994. The lowest BCUT2D eigenvalue weighted by Gasteiger charge is -2.35. The van der Waals surface area contributed by atoms with Gasteiger partial charge in [-0.1, -0.05) is 41.1 Å². The minimum atomic E-state index is -0.0648. The second kappa shape index (κ2) is 9.41. The van der Waals surface area contributed by atoms with E-state index in [0.29, 0.717) is 11.4 Å². The lowest BCUT2D eigenvalue weighted by Crippen LogP contribution is -2.46. The number of carbonyl (C=O) groups excluding carboxylic acids is 1. The molecule has 30 heavy (non-hydrogen) atoms. The van der Waals surface area contributed by atoms with Crippen LogP contribution in [-0.2, 0) is 6.54 Å². The Labute approximate surface area is 189 Å². The van der Waals surface area contributed by atoms with Crippen LogP contribution in [0.1, 0.15) is 34.1 Å². The van der Waals surface area contributed by atoms with Crippen molar-refractivity contribution < 1.29 is 4.79 Å². The molecule has 0 spiro atoms. The number of piperazine rings is 1. The second-order valence-corrected chi connectivity index (χ2v) is 9.39. The Bertz CT molecular complexity index is 1050. The number of halogens is 1. The first kappa shape index (κ1) is 21.2. The van der Waals surface area contributed by atoms with Crippen molar-refractivity contribution >= 4 is 49.2 Å². The predicted octanol–water partition coefficient (Wildman–Crippen LogP) is 4.22. The molecular formula is C22H26BrN5OS. The molecule has 3 aromatic rings. The fourth-order valence-electron chi connectivity index (χ4n) is 3.91. The third-order valence-electron chi connectivity index (χ3n) is 5.52. The highest BCUT2D eigenvalue weighted by molar-refractivity contribution is 9.10. The largest absolute Gasteiger partial charge is 0.353 e. The van der Waals surface area contributed by atoms with E-state index < -0.39 is 0 Å². The zero-order valence-corrected chi connectivity index (χ0v) is 19.7. The van der Waals surface area contributed by atoms with Crippen molar-refractivity contribution in [2.24, 2.45) is 0 Å². The molecule has 1 aliphatic rings. The van der Waals surface area contributed by atoms with Gasteiger partial charge in [0.1, 0.15) is 17.0 Å². The molecule has 1 fully saturated rings. The van der Waals surface area contributed by atoms with Crippen molar-refractivity contribution in [1.82, 2.24) is 20.2 Å². The van der Waals surface area contributed by atoms with Gasteiger partial charge in [-0.2, -0.15) is 0 Å². The van der Waals surface area contributed by atoms with Crippen LogP contribution in [0.25, 0.3) is 10.2 Å². The van der Waals surface area contributed by atoms with Gasteiger partial charge in [-0.3, -0.25) is 9.69 Å². The molecule has 8 heteroatoms. The molecule has 2 aromatic heterocycles. The van der Waals surface area contributed by atoms with Gasteiger partial charge in [0.25, 0.3) is 5.91 Å². The minimum absolute atomic E-state index is 0.0648. The van der Waals surface area contributed by atoms with Gasteiger partial charge in [-0.15, -0.1) is 11.3 Å². The SMILES string of the molecule is CCCN1CCN(c2ncnc3sc(C(=O)NCc4ccccc4Br)c(C)c23)CC1. The van der Waals surface area contributed by atoms with Crippen molar-refractivity contribution in [1.29, 1.82) is 0 Å². The molecule has 1 aliphatic heterocycles. The molecule has 0 saturated carbocycles. The van der Waals surface area contributed by atoms with E-state index in [0.717, 1.165) is 64.4 Å². The number of hydrogen-bond donors (Lipinski definition) is 1. The van der Waals surface area contributed by atoms with Crippen LogP contribution in [0.15, 0.2) is 35.1 Å². The zero-order chi connectivity index (χ0) is 21.1. The standard InChI is InChI=1S/C22H26BrN5OS/c1-3-8-27-9-11-28(12-10-27)20-18-15(2)19(30-22(18)26-14-25-20)21(29)24-13-16-6-4-5-7-17(16)23/h4-7,14H,3,8-13H2,1-2H3,(H,24,29). The van der Waals surface area contributed by atoms with Gasteiger partial charge in [0.2, 0.25) is 0 Å². The van der Waals surface area contributed by atoms with Gasteiger partial charge >= 0.3 is 0 Å². The van der Waals surface area contributed by atoms with E-state index in [1.807, 2.05) is 31.2 Å². The molecule has 0 atom stereocenters. The average Bonchev–Trinajstić information content (AvgIpc) is 3.11. The fourth-order valence-corrected chi connectivity index (χ4v) is 5.39. The minimum Gasteiger partial charge on any atom is -0.353 e. The van der Waals surface area contributed by atoms with E-state index in [1.54, 1.807) is 6.33 Å². The second-order valence-electron chi connectivity index (χ2n) is 7.54. The molecule has 1 saturated heterocycles. The number of rotatable bonds is 6. The average molecular weight is 488 g/mol. The van der Waals surface area contributed by atoms with Crippen LogP contribution in [0.2, 0.25) is 0 Å². The molecule has 0 radical (unpaired) electrons. The Morgan fingerprint density at radius 3 is 2.70 bits per heavy atom. The topological polar surface area (TPSA) is 61.4 Å². The number of anilines is 1. The Morgan fingerprint density at radius 2 is 1.97 bits per heavy atom. The van der Waals surface area contributed by atoms with Crippen LogP contribution in [0.3, 0.4) is 0 Å². The Kier molecular flexibility index (Phi) is 6.65. The Morgan fingerprint density at radius 1 is 1.20 bits per heavy atom. The van der Waals surface area contributed by atoms with E-state index in [4.69, 9.17) is 0 Å². The number of benzene rings is 1. The van der Waals surface area contributed by atoms with Crippen LogP contribution in [0, 0.1) is 6.92 Å². The maximum Gasteiger partial charge on any atom is 0.261 e. The number of hydrogen-bond acceptors (Lipinski definition) is 6. The summed E-state index contributed by atoms with van der Waals surface area (Å²) in [6.45, 7) is 9.84. The zero-order valence-electron chi connectivity index (χ0n) is 17.3. The smallest absolute Gasteiger partial charge is 0.261 e. The lowest BCUT2D eigenvalue weighted by molar-refractivity contribution is 0.0954. The Balaban J connectivity index is 1.55. The first-order chi connectivity index (χ1) is 14.6. The number of aryl methyl sites for hydroxylation is 1. The van der Waals surface area contributed by atoms with Gasteiger partial charge in [-0.25, -0.2) is 9.97 Å². The molecule has 0 aliphatic carbocycles. The number of thiophene rings is 1. The summed E-state index contributed by atoms with van der Waals surface area (Å²) in [5.41, 5.74) is 2.02. The maximum absolute atomic E-state index is 12.9. The van der Waals surface area contributed by atoms with Crippen molar-refractivity contribution in [3.05, 3.63) is 51.1 Å². The highest BCUT2D eigenvalue weighted by atomic mass is 79.9. The summed E-state index contributed by atoms with van der Waals surface area (Å²) >= 11 is 4.98. The molecule has 1 aromatic carbocycles. The van der Waals surface area contributed by atoms with Crippen LogP contribution in [0.4, 0.5) is 5.82 Å². The van der Waals surface area contributed by atoms with E-state index >= 15 is 0 Å². The molecule has 3 heterocycles. The third-order valence-corrected chi connectivity index (χ3v) is 7.49. The summed E-state index contributed by atoms with van der Waals surface area (Å²) in [6.07, 6.45) is 2.80. The number of aromatic nitrogens is 2. The van der Waals surface area contributed by atoms with Crippen LogP contribution >= 0.6 is 27.3 Å². The lowest BCUT2D eigenvalue weighted by atomic mass is 10.1. The Hall–Kier alpha value is -2.03. The van der Waals surface area contributed by atoms with Gasteiger partial charge in [0.15, 0.2) is 0 Å². The van der Waals surface area contributed by atoms with E-state index in [1.165, 1.54) is 17.8 Å². The molecule has 0 bridgehead atoms. The molecular weight excluding hydrogens is 462 g/mol. The van der Waals surface area contributed by atoms with Crippen LogP contribution in [-0.4, -0.2) is 53.5 Å². The number of amides is 1. The molecule has 6 nitrogen and oxygen atoms in total. The summed E-state index contributed by atoms with van der Waals surface area (Å²) in [7, 11) is 0. The highest BCUT2D eigenvalue weighted by Crippen LogP contribution is 2.35. The molecule has 0 unspecified atom stereocenters. The van der Waals surface area contributed by atoms with Gasteiger partial charge < -0.3 is 10.2 Å². The number of nitrogens with zero attached hydrogens (tertiary/aromatic N) is 4. The highest BCUT2D eigenvalue weighted by Gasteiger charge is 2.24. The van der Waals surface area contributed by atoms with E-state index in [9.17, 15) is 4.79 Å². The fraction of sp³-hybridized carbons (Fsp3) is 0.409. The molecule has 1 amide bonds. The van der Waals surface area contributed by atoms with Crippen molar-refractivity contribution in [2.45, 2.75) is 26.8 Å². The number of nitrogens with one attached hydrogen (secondary N) is 1. The van der Waals surface area contributed by atoms with Gasteiger partial charge in [-0.05, 0) is 37.1 Å². The number of fused-ring (bicyclic) bond motifs is 1. The van der Waals surface area contributed by atoms with Crippen LogP contribution in [0.5, 0.6) is 0 Å². The van der Waals surface area contributed by atoms with Crippen molar-refractivity contribution in [3.8, 4) is 0 Å². The molecule has 1 N–H and O–H groups in total. The van der Waals surface area contributed by atoms with Gasteiger partial charge in [0.05, 0.1) is 10.3 Å². The summed E-state index contributed by atoms with van der Waals surface area (Å²) in [6, 6.07) is 7.92. The van der Waals surface area contributed by atoms with Gasteiger partial charge in [0, 0.05) is 37.2 Å². The quantitative estimate of drug-likeness (QED) is 0.563. The monoisotopic (exact) mass is 487 g/mol. The molecule has 4 rings (SSSR count). The maximum atomic E-state index is 12.9. The first-order valence-electron chi connectivity index (χ1n) is 10.3. The third kappa shape index (κ3) is 4.36. The first-order valence-corrected chi connectivity index (χ1v) is 11.9. The number of carbonyl (C=O) groups is 1. The summed E-state index contributed by atoms with van der Waals surface area (Å²) in [5, 5.41) is 4.06. The van der Waals surface area contributed by atoms with Crippen molar-refractivity contribution in [3.63, 3.8) is 0 Å². The summed E-state index contributed by atoms with van der Waals surface area (Å²) in [4.78, 5) is 28.4. The van der Waals surface area contributed by atoms with Crippen molar-refractivity contribution in [2.75, 3.05) is 37.6 Å². The molecule has 158 valence electrons. The van der Waals surface area contributed by atoms with E-state index in [-0.39, 0.29) is 5.91 Å². The normalized spacial score (nSPS) is 15.0.